The van der Waals surface area contributed by atoms with Crippen molar-refractivity contribution in [2.45, 2.75) is 39.9 Å². The van der Waals surface area contributed by atoms with Crippen molar-refractivity contribution in [3.63, 3.8) is 0 Å². The van der Waals surface area contributed by atoms with E-state index >= 15 is 0 Å². The molecule has 0 radical (unpaired) electrons. The van der Waals surface area contributed by atoms with Gasteiger partial charge in [0.25, 0.3) is 11.5 Å². The van der Waals surface area contributed by atoms with Gasteiger partial charge in [0, 0.05) is 19.8 Å². The van der Waals surface area contributed by atoms with Crippen LogP contribution in [0.2, 0.25) is 0 Å². The minimum absolute atomic E-state index is 0.160. The molecule has 4 rings (SSSR count). The van der Waals surface area contributed by atoms with E-state index in [0.717, 1.165) is 18.5 Å². The Kier molecular flexibility index (Phi) is 5.75. The highest BCUT2D eigenvalue weighted by molar-refractivity contribution is 5.95. The first-order valence-corrected chi connectivity index (χ1v) is 10.2. The molecule has 0 saturated heterocycles. The van der Waals surface area contributed by atoms with E-state index in [1.165, 1.54) is 9.47 Å². The summed E-state index contributed by atoms with van der Waals surface area (Å²) < 4.78 is 14.2. The molecule has 0 unspecified atom stereocenters. The Bertz CT molecular complexity index is 1170. The van der Waals surface area contributed by atoms with Crippen molar-refractivity contribution in [1.29, 1.82) is 0 Å². The van der Waals surface area contributed by atoms with Gasteiger partial charge in [0.15, 0.2) is 17.3 Å². The fraction of sp³-hybridized carbons (Fsp3) is 0.364. The van der Waals surface area contributed by atoms with Crippen molar-refractivity contribution in [1.82, 2.24) is 24.2 Å². The first-order valence-electron chi connectivity index (χ1n) is 10.2. The van der Waals surface area contributed by atoms with Crippen LogP contribution in [0.25, 0.3) is 0 Å². The predicted molar refractivity (Wildman–Crippen MR) is 113 cm³/mol. The molecule has 1 aromatic carbocycles. The highest BCUT2D eigenvalue weighted by Gasteiger charge is 2.22. The molecule has 0 spiro atoms. The van der Waals surface area contributed by atoms with Gasteiger partial charge in [0.1, 0.15) is 11.9 Å². The summed E-state index contributed by atoms with van der Waals surface area (Å²) in [6, 6.07) is 7.34. The van der Waals surface area contributed by atoms with Crippen LogP contribution < -0.4 is 15.0 Å². The number of rotatable bonds is 7. The quantitative estimate of drug-likeness (QED) is 0.579. The van der Waals surface area contributed by atoms with E-state index in [1.807, 2.05) is 22.8 Å². The van der Waals surface area contributed by atoms with Gasteiger partial charge >= 0.3 is 0 Å². The molecule has 1 aliphatic heterocycles. The summed E-state index contributed by atoms with van der Waals surface area (Å²) in [7, 11) is 1.67. The van der Waals surface area contributed by atoms with Crippen molar-refractivity contribution in [2.75, 3.05) is 13.8 Å². The Morgan fingerprint density at radius 3 is 2.81 bits per heavy atom. The van der Waals surface area contributed by atoms with Crippen LogP contribution in [0.1, 0.15) is 40.7 Å². The fourth-order valence-corrected chi connectivity index (χ4v) is 3.59. The van der Waals surface area contributed by atoms with Crippen LogP contribution >= 0.6 is 0 Å². The predicted octanol–water partition coefficient (Wildman–Crippen LogP) is 2.21. The first-order chi connectivity index (χ1) is 15.0. The van der Waals surface area contributed by atoms with Gasteiger partial charge in [-0.2, -0.15) is 0 Å². The summed E-state index contributed by atoms with van der Waals surface area (Å²) >= 11 is 0. The number of hydrogen-bond acceptors (Lipinski definition) is 6. The number of hydrogen-bond donors (Lipinski definition) is 0. The number of nitrogens with zero attached hydrogens (tertiary/aromatic N) is 5. The van der Waals surface area contributed by atoms with Crippen LogP contribution in [0, 0.1) is 6.92 Å². The molecule has 9 nitrogen and oxygen atoms in total. The summed E-state index contributed by atoms with van der Waals surface area (Å²) in [6.07, 6.45) is 4.30. The lowest BCUT2D eigenvalue weighted by atomic mass is 10.1. The Morgan fingerprint density at radius 1 is 1.19 bits per heavy atom. The zero-order valence-electron chi connectivity index (χ0n) is 17.9. The zero-order valence-corrected chi connectivity index (χ0v) is 17.9. The number of pyridine rings is 1. The standard InChI is InChI=1S/C22H25N5O4/c1-4-8-27-13-23-24-19(27)12-25(3)21(28)20-15(2)7-9-26(22(20)29)11-16-5-6-17-18(10-16)31-14-30-17/h5-7,9-10,13H,4,8,11-12,14H2,1-3H3. The third kappa shape index (κ3) is 4.16. The molecule has 31 heavy (non-hydrogen) atoms. The number of carbonyl (C=O) groups excluding carboxylic acids is 1. The maximum atomic E-state index is 13.2. The number of aromatic nitrogens is 4. The van der Waals surface area contributed by atoms with E-state index in [2.05, 4.69) is 17.1 Å². The van der Waals surface area contributed by atoms with Crippen molar-refractivity contribution >= 4 is 5.91 Å². The van der Waals surface area contributed by atoms with Crippen LogP contribution in [0.5, 0.6) is 11.5 Å². The second-order valence-corrected chi connectivity index (χ2v) is 7.60. The lowest BCUT2D eigenvalue weighted by Crippen LogP contribution is -2.35. The SMILES string of the molecule is CCCn1cnnc1CN(C)C(=O)c1c(C)ccn(Cc2ccc3c(c2)OCO3)c1=O. The number of amides is 1. The second kappa shape index (κ2) is 8.63. The van der Waals surface area contributed by atoms with E-state index < -0.39 is 0 Å². The van der Waals surface area contributed by atoms with Crippen molar-refractivity contribution in [3.05, 3.63) is 69.7 Å². The van der Waals surface area contributed by atoms with Gasteiger partial charge in [0.05, 0.1) is 13.1 Å². The number of ether oxygens (including phenoxy) is 2. The molecular weight excluding hydrogens is 398 g/mol. The average Bonchev–Trinajstić information content (AvgIpc) is 3.39. The van der Waals surface area contributed by atoms with Gasteiger partial charge in [0.2, 0.25) is 6.79 Å². The lowest BCUT2D eigenvalue weighted by Gasteiger charge is -2.19. The molecule has 1 aliphatic rings. The maximum Gasteiger partial charge on any atom is 0.263 e. The van der Waals surface area contributed by atoms with E-state index in [-0.39, 0.29) is 30.4 Å². The minimum Gasteiger partial charge on any atom is -0.454 e. The molecule has 162 valence electrons. The van der Waals surface area contributed by atoms with Gasteiger partial charge in [-0.3, -0.25) is 9.59 Å². The molecule has 0 fully saturated rings. The van der Waals surface area contributed by atoms with Crippen LogP contribution in [0.4, 0.5) is 0 Å². The molecule has 0 saturated carbocycles. The third-order valence-corrected chi connectivity index (χ3v) is 5.26. The molecule has 3 heterocycles. The van der Waals surface area contributed by atoms with E-state index in [4.69, 9.17) is 9.47 Å². The molecule has 9 heteroatoms. The second-order valence-electron chi connectivity index (χ2n) is 7.60. The Balaban J connectivity index is 1.57. The molecule has 3 aromatic rings. The van der Waals surface area contributed by atoms with Gasteiger partial charge in [-0.1, -0.05) is 13.0 Å². The van der Waals surface area contributed by atoms with Crippen molar-refractivity contribution in [3.8, 4) is 11.5 Å². The third-order valence-electron chi connectivity index (χ3n) is 5.26. The van der Waals surface area contributed by atoms with E-state index in [9.17, 15) is 9.59 Å². The molecule has 0 N–H and O–H groups in total. The van der Waals surface area contributed by atoms with Crippen LogP contribution in [0.3, 0.4) is 0 Å². The normalized spacial score (nSPS) is 12.2. The number of carbonyl (C=O) groups is 1. The highest BCUT2D eigenvalue weighted by Crippen LogP contribution is 2.32. The van der Waals surface area contributed by atoms with Gasteiger partial charge in [-0.25, -0.2) is 0 Å². The number of aryl methyl sites for hydroxylation is 2. The summed E-state index contributed by atoms with van der Waals surface area (Å²) in [6.45, 7) is 5.40. The average molecular weight is 423 g/mol. The van der Waals surface area contributed by atoms with E-state index in [0.29, 0.717) is 29.4 Å². The molecule has 0 atom stereocenters. The van der Waals surface area contributed by atoms with Crippen molar-refractivity contribution < 1.29 is 14.3 Å². The molecule has 1 amide bonds. The van der Waals surface area contributed by atoms with E-state index in [1.54, 1.807) is 32.6 Å². The van der Waals surface area contributed by atoms with Gasteiger partial charge in [-0.15, -0.1) is 10.2 Å². The minimum atomic E-state index is -0.339. The van der Waals surface area contributed by atoms with Gasteiger partial charge < -0.3 is 23.5 Å². The summed E-state index contributed by atoms with van der Waals surface area (Å²) in [5.74, 6) is 1.69. The molecule has 0 bridgehead atoms. The Morgan fingerprint density at radius 2 is 2.00 bits per heavy atom. The van der Waals surface area contributed by atoms with Crippen LogP contribution in [-0.4, -0.2) is 44.0 Å². The number of benzene rings is 1. The number of fused-ring (bicyclic) bond motifs is 1. The van der Waals surface area contributed by atoms with Crippen LogP contribution in [0.15, 0.2) is 41.6 Å². The summed E-state index contributed by atoms with van der Waals surface area (Å²) in [5.41, 5.74) is 1.35. The fourth-order valence-electron chi connectivity index (χ4n) is 3.59. The zero-order chi connectivity index (χ0) is 22.0. The highest BCUT2D eigenvalue weighted by atomic mass is 16.7. The topological polar surface area (TPSA) is 91.5 Å². The van der Waals surface area contributed by atoms with Crippen molar-refractivity contribution in [2.24, 2.45) is 0 Å². The largest absolute Gasteiger partial charge is 0.454 e. The monoisotopic (exact) mass is 423 g/mol. The molecule has 0 aliphatic carbocycles. The summed E-state index contributed by atoms with van der Waals surface area (Å²) in [4.78, 5) is 27.8. The Hall–Kier alpha value is -3.62. The Labute approximate surface area is 179 Å². The van der Waals surface area contributed by atoms with Crippen LogP contribution in [-0.2, 0) is 19.6 Å². The van der Waals surface area contributed by atoms with Gasteiger partial charge in [-0.05, 0) is 42.7 Å². The first kappa shape index (κ1) is 20.6. The molecule has 2 aromatic heterocycles. The summed E-state index contributed by atoms with van der Waals surface area (Å²) in [5, 5.41) is 8.05. The lowest BCUT2D eigenvalue weighted by molar-refractivity contribution is 0.0776. The smallest absolute Gasteiger partial charge is 0.263 e. The molecular formula is C22H25N5O4. The maximum absolute atomic E-state index is 13.2.